The number of carbonyl (C=O) groups is 3. The highest BCUT2D eigenvalue weighted by molar-refractivity contribution is 8.00. The maximum Gasteiger partial charge on any atom is 0.323 e. The number of nitriles is 1. The molecule has 4 aromatic carbocycles. The van der Waals surface area contributed by atoms with Gasteiger partial charge in [0.25, 0.3) is 0 Å². The number of fused-ring (bicyclic) bond motifs is 2. The molecule has 0 aliphatic rings. The number of aliphatic carboxylic acids is 2. The number of H-pyrrole nitrogens is 1. The van der Waals surface area contributed by atoms with Crippen molar-refractivity contribution in [2.45, 2.75) is 58.3 Å². The van der Waals surface area contributed by atoms with Crippen LogP contribution >= 0.6 is 23.5 Å². The number of hydrogen-bond donors (Lipinski definition) is 4. The summed E-state index contributed by atoms with van der Waals surface area (Å²) in [6.07, 6.45) is 4.72. The van der Waals surface area contributed by atoms with Crippen molar-refractivity contribution in [2.75, 3.05) is 11.6 Å². The number of sulfone groups is 1. The monoisotopic (exact) mass is 820 g/mol. The zero-order chi connectivity index (χ0) is 41.0. The van der Waals surface area contributed by atoms with Gasteiger partial charge < -0.3 is 24.7 Å². The quantitative estimate of drug-likeness (QED) is 0.0986. The van der Waals surface area contributed by atoms with Gasteiger partial charge in [0.1, 0.15) is 13.1 Å². The number of nitrogens with zero attached hydrogens (tertiary/aromatic N) is 4. The first-order valence-electron chi connectivity index (χ1n) is 17.3. The van der Waals surface area contributed by atoms with Crippen molar-refractivity contribution < 1.29 is 33.0 Å². The fourth-order valence-electron chi connectivity index (χ4n) is 6.34. The molecule has 0 aliphatic heterocycles. The van der Waals surface area contributed by atoms with Gasteiger partial charge in [-0.1, -0.05) is 35.7 Å². The molecule has 13 nitrogen and oxygen atoms in total. The number of carboxylic acid groups (broad SMARTS) is 2. The van der Waals surface area contributed by atoms with Gasteiger partial charge in [-0.25, -0.2) is 8.42 Å². The van der Waals surface area contributed by atoms with Crippen LogP contribution in [0.4, 0.5) is 5.69 Å². The van der Waals surface area contributed by atoms with Gasteiger partial charge in [0.2, 0.25) is 5.91 Å². The number of carbonyl (C=O) groups excluding carboxylic acids is 1. The number of rotatable bonds is 11. The summed E-state index contributed by atoms with van der Waals surface area (Å²) in [5.74, 6) is -2.04. The molecule has 0 fully saturated rings. The molecule has 0 aliphatic carbocycles. The number of amides is 1. The minimum atomic E-state index is -3.26. The molecule has 3 heterocycles. The van der Waals surface area contributed by atoms with E-state index in [0.29, 0.717) is 11.3 Å². The molecule has 1 amide bonds. The molecular weight excluding hydrogens is 785 g/mol. The van der Waals surface area contributed by atoms with Gasteiger partial charge in [-0.2, -0.15) is 10.4 Å². The lowest BCUT2D eigenvalue weighted by Crippen LogP contribution is -2.10. The predicted molar refractivity (Wildman–Crippen MR) is 219 cm³/mol. The topological polar surface area (TPSA) is 200 Å². The van der Waals surface area contributed by atoms with Gasteiger partial charge in [-0.3, -0.25) is 19.5 Å². The van der Waals surface area contributed by atoms with Gasteiger partial charge >= 0.3 is 11.9 Å². The van der Waals surface area contributed by atoms with Crippen LogP contribution in [0.5, 0.6) is 0 Å². The highest BCUT2D eigenvalue weighted by Crippen LogP contribution is 2.42. The van der Waals surface area contributed by atoms with E-state index in [-0.39, 0.29) is 23.9 Å². The standard InChI is InChI=1S/C21H19N3O4S2.C20H17N3O3S/c1-13-21(29-16-4-6-17(7-5-16)30(2,27)28)18-9-14(15-10-22-23-11-15)3-8-19(18)24(13)12-20(25)26;1-12-20(27-15-8-6-14(10-21)7-9-15)19-16(22-13(2)24)4-3-5-17(19)23(12)11-18(25)26/h3-11H,12H2,1-2H3,(H,22,23)(H,25,26);3-9H,11H2,1-2H3,(H,22,24)(H,25,26). The lowest BCUT2D eigenvalue weighted by molar-refractivity contribution is -0.138. The molecule has 0 atom stereocenters. The fraction of sp³-hybridized carbons (Fsp3) is 0.146. The summed E-state index contributed by atoms with van der Waals surface area (Å²) >= 11 is 2.96. The summed E-state index contributed by atoms with van der Waals surface area (Å²) in [4.78, 5) is 38.2. The molecular formula is C41H36N6O7S3. The maximum absolute atomic E-state index is 11.7. The average molecular weight is 821 g/mol. The second-order valence-corrected chi connectivity index (χ2v) is 17.2. The summed E-state index contributed by atoms with van der Waals surface area (Å²) < 4.78 is 26.9. The molecule has 7 rings (SSSR count). The Labute approximate surface area is 336 Å². The molecule has 0 spiro atoms. The van der Waals surface area contributed by atoms with Crippen molar-refractivity contribution in [1.82, 2.24) is 19.3 Å². The summed E-state index contributed by atoms with van der Waals surface area (Å²) in [5.41, 5.74) is 6.35. The van der Waals surface area contributed by atoms with E-state index < -0.39 is 21.8 Å². The molecule has 7 aromatic rings. The summed E-state index contributed by atoms with van der Waals surface area (Å²) in [6, 6.07) is 27.3. The molecule has 0 unspecified atom stereocenters. The van der Waals surface area contributed by atoms with Gasteiger partial charge in [0, 0.05) is 72.2 Å². The highest BCUT2D eigenvalue weighted by Gasteiger charge is 2.21. The Hall–Kier alpha value is -6.28. The molecule has 57 heavy (non-hydrogen) atoms. The van der Waals surface area contributed by atoms with Crippen LogP contribution in [0.15, 0.2) is 122 Å². The van der Waals surface area contributed by atoms with E-state index in [0.717, 1.165) is 63.9 Å². The van der Waals surface area contributed by atoms with E-state index in [1.165, 1.54) is 36.7 Å². The van der Waals surface area contributed by atoms with Crippen LogP contribution in [0.25, 0.3) is 32.9 Å². The molecule has 0 radical (unpaired) electrons. The Bertz CT molecular complexity index is 2800. The number of benzene rings is 4. The first kappa shape index (κ1) is 40.4. The predicted octanol–water partition coefficient (Wildman–Crippen LogP) is 7.99. The van der Waals surface area contributed by atoms with Crippen molar-refractivity contribution in [2.24, 2.45) is 0 Å². The second-order valence-electron chi connectivity index (χ2n) is 13.0. The number of anilines is 1. The Balaban J connectivity index is 0.000000194. The maximum atomic E-state index is 11.7. The summed E-state index contributed by atoms with van der Waals surface area (Å²) in [5, 5.41) is 39.0. The zero-order valence-corrected chi connectivity index (χ0v) is 33.6. The minimum absolute atomic E-state index is 0.138. The second kappa shape index (κ2) is 16.8. The number of carboxylic acids is 2. The number of aromatic nitrogens is 4. The number of nitrogens with one attached hydrogen (secondary N) is 2. The molecule has 0 saturated carbocycles. The third kappa shape index (κ3) is 9.07. The Morgan fingerprint density at radius 3 is 1.98 bits per heavy atom. The van der Waals surface area contributed by atoms with Crippen LogP contribution in [0.1, 0.15) is 23.9 Å². The molecule has 290 valence electrons. The number of aromatic amines is 1. The van der Waals surface area contributed by atoms with Crippen molar-refractivity contribution in [1.29, 1.82) is 5.26 Å². The minimum Gasteiger partial charge on any atom is -0.480 e. The zero-order valence-electron chi connectivity index (χ0n) is 31.1. The van der Waals surface area contributed by atoms with Crippen LogP contribution in [-0.4, -0.2) is 62.1 Å². The molecule has 4 N–H and O–H groups in total. The first-order chi connectivity index (χ1) is 27.1. The van der Waals surface area contributed by atoms with Gasteiger partial charge in [-0.05, 0) is 92.2 Å². The summed E-state index contributed by atoms with van der Waals surface area (Å²) in [7, 11) is -3.26. The van der Waals surface area contributed by atoms with E-state index >= 15 is 0 Å². The lowest BCUT2D eigenvalue weighted by atomic mass is 10.1. The van der Waals surface area contributed by atoms with Crippen LogP contribution in [0, 0.1) is 25.2 Å². The third-order valence-corrected chi connectivity index (χ3v) is 12.5. The highest BCUT2D eigenvalue weighted by atomic mass is 32.2. The van der Waals surface area contributed by atoms with Crippen LogP contribution in [0.3, 0.4) is 0 Å². The van der Waals surface area contributed by atoms with Crippen molar-refractivity contribution in [3.8, 4) is 17.2 Å². The third-order valence-electron chi connectivity index (χ3n) is 8.96. The van der Waals surface area contributed by atoms with Crippen molar-refractivity contribution in [3.63, 3.8) is 0 Å². The SMILES string of the molecule is CC(=O)Nc1cccc2c1c(Sc1ccc(C#N)cc1)c(C)n2CC(=O)O.Cc1c(Sc2ccc(S(C)(=O)=O)cc2)c2cc(-c3cn[nH]c3)ccc2n1CC(=O)O. The van der Waals surface area contributed by atoms with E-state index in [1.54, 1.807) is 70.1 Å². The van der Waals surface area contributed by atoms with E-state index in [2.05, 4.69) is 21.6 Å². The Morgan fingerprint density at radius 2 is 1.42 bits per heavy atom. The van der Waals surface area contributed by atoms with E-state index in [4.69, 9.17) is 5.26 Å². The Morgan fingerprint density at radius 1 is 0.825 bits per heavy atom. The van der Waals surface area contributed by atoms with Gasteiger partial charge in [-0.15, -0.1) is 0 Å². The summed E-state index contributed by atoms with van der Waals surface area (Å²) in [6.45, 7) is 4.90. The Kier molecular flexibility index (Phi) is 11.9. The molecule has 16 heteroatoms. The fourth-order valence-corrected chi connectivity index (χ4v) is 9.09. The van der Waals surface area contributed by atoms with Crippen molar-refractivity contribution in [3.05, 3.63) is 114 Å². The van der Waals surface area contributed by atoms with E-state index in [9.17, 15) is 33.0 Å². The molecule has 3 aromatic heterocycles. The lowest BCUT2D eigenvalue weighted by Gasteiger charge is -2.07. The van der Waals surface area contributed by atoms with Gasteiger partial charge in [0.15, 0.2) is 9.84 Å². The largest absolute Gasteiger partial charge is 0.480 e. The van der Waals surface area contributed by atoms with Gasteiger partial charge in [0.05, 0.1) is 33.9 Å². The normalized spacial score (nSPS) is 11.2. The average Bonchev–Trinajstić information content (AvgIpc) is 3.86. The van der Waals surface area contributed by atoms with Crippen LogP contribution < -0.4 is 5.32 Å². The first-order valence-corrected chi connectivity index (χ1v) is 20.8. The van der Waals surface area contributed by atoms with E-state index in [1.807, 2.05) is 50.2 Å². The van der Waals surface area contributed by atoms with Crippen LogP contribution in [0.2, 0.25) is 0 Å². The van der Waals surface area contributed by atoms with Crippen molar-refractivity contribution >= 4 is 78.7 Å². The number of hydrogen-bond acceptors (Lipinski definition) is 9. The molecule has 0 saturated heterocycles. The molecule has 0 bridgehead atoms. The smallest absolute Gasteiger partial charge is 0.323 e. The van der Waals surface area contributed by atoms with Crippen LogP contribution in [-0.2, 0) is 37.3 Å².